The summed E-state index contributed by atoms with van der Waals surface area (Å²) >= 11 is 0. The Bertz CT molecular complexity index is 970. The number of hydrogen-bond donors (Lipinski definition) is 2. The van der Waals surface area contributed by atoms with Crippen LogP contribution in [-0.4, -0.2) is 27.0 Å². The van der Waals surface area contributed by atoms with E-state index in [2.05, 4.69) is 16.1 Å². The first kappa shape index (κ1) is 19.4. The monoisotopic (exact) mass is 388 g/mol. The lowest BCUT2D eigenvalue weighted by molar-refractivity contribution is -0.114. The van der Waals surface area contributed by atoms with Crippen molar-refractivity contribution in [3.05, 3.63) is 53.1 Å². The van der Waals surface area contributed by atoms with Gasteiger partial charge in [-0.2, -0.15) is 0 Å². The molecule has 0 bridgehead atoms. The van der Waals surface area contributed by atoms with Gasteiger partial charge in [-0.05, 0) is 61.2 Å². The molecule has 1 amide bonds. The Kier molecular flexibility index (Phi) is 5.53. The fraction of sp³-hybridized carbons (Fsp3) is 0.350. The molecule has 2 aromatic carbocycles. The Labute approximate surface area is 160 Å². The maximum atomic E-state index is 12.8. The summed E-state index contributed by atoms with van der Waals surface area (Å²) in [5.74, 6) is 0.721. The number of carbonyl (C=O) groups excluding carboxylic acids is 1. The van der Waals surface area contributed by atoms with Crippen molar-refractivity contribution in [1.82, 2.24) is 4.72 Å². The Hall–Kier alpha value is -2.38. The summed E-state index contributed by atoms with van der Waals surface area (Å²) in [6.45, 7) is 5.68. The molecule has 144 valence electrons. The highest BCUT2D eigenvalue weighted by atomic mass is 32.2. The number of aryl methyl sites for hydroxylation is 1. The number of hydrogen-bond acceptors (Lipinski definition) is 4. The number of sulfonamides is 1. The van der Waals surface area contributed by atoms with Gasteiger partial charge in [-0.15, -0.1) is 0 Å². The van der Waals surface area contributed by atoms with Crippen molar-refractivity contribution in [3.8, 4) is 5.75 Å². The third kappa shape index (κ3) is 4.67. The summed E-state index contributed by atoms with van der Waals surface area (Å²) in [6, 6.07) is 10.5. The van der Waals surface area contributed by atoms with Gasteiger partial charge in [0.25, 0.3) is 0 Å². The Morgan fingerprint density at radius 2 is 2.00 bits per heavy atom. The molecule has 27 heavy (non-hydrogen) atoms. The minimum atomic E-state index is -3.65. The van der Waals surface area contributed by atoms with E-state index in [1.807, 2.05) is 19.1 Å². The molecular formula is C20H24N2O4S. The van der Waals surface area contributed by atoms with Crippen molar-refractivity contribution < 1.29 is 17.9 Å². The summed E-state index contributed by atoms with van der Waals surface area (Å²) in [7, 11) is -3.65. The topological polar surface area (TPSA) is 84.5 Å². The van der Waals surface area contributed by atoms with E-state index in [0.29, 0.717) is 24.3 Å². The first-order valence-corrected chi connectivity index (χ1v) is 10.4. The Morgan fingerprint density at radius 1 is 1.22 bits per heavy atom. The summed E-state index contributed by atoms with van der Waals surface area (Å²) in [5.41, 5.74) is 3.40. The van der Waals surface area contributed by atoms with Crippen LogP contribution in [0.1, 0.15) is 30.5 Å². The van der Waals surface area contributed by atoms with Gasteiger partial charge in [-0.1, -0.05) is 12.1 Å². The average Bonchev–Trinajstić information content (AvgIpc) is 3.01. The molecule has 6 nitrogen and oxygen atoms in total. The molecule has 0 saturated carbocycles. The van der Waals surface area contributed by atoms with Crippen LogP contribution in [-0.2, 0) is 27.7 Å². The number of amides is 1. The SMILES string of the molecule is CC(=O)Nc1ccc(S(=O)(=O)NC(C)Cc2ccc3c(c2)CCO3)c(C)c1. The van der Waals surface area contributed by atoms with E-state index in [1.54, 1.807) is 19.1 Å². The largest absolute Gasteiger partial charge is 0.493 e. The highest BCUT2D eigenvalue weighted by molar-refractivity contribution is 7.89. The van der Waals surface area contributed by atoms with Gasteiger partial charge >= 0.3 is 0 Å². The van der Waals surface area contributed by atoms with E-state index < -0.39 is 10.0 Å². The quantitative estimate of drug-likeness (QED) is 0.797. The Balaban J connectivity index is 1.71. The van der Waals surface area contributed by atoms with Gasteiger partial charge in [-0.3, -0.25) is 4.79 Å². The molecule has 1 atom stereocenters. The second-order valence-electron chi connectivity index (χ2n) is 6.93. The maximum Gasteiger partial charge on any atom is 0.241 e. The maximum absolute atomic E-state index is 12.8. The molecule has 0 radical (unpaired) electrons. The van der Waals surface area contributed by atoms with Gasteiger partial charge in [0.1, 0.15) is 5.75 Å². The van der Waals surface area contributed by atoms with Crippen LogP contribution >= 0.6 is 0 Å². The number of rotatable bonds is 6. The summed E-state index contributed by atoms with van der Waals surface area (Å²) in [6.07, 6.45) is 1.48. The van der Waals surface area contributed by atoms with Crippen LogP contribution in [0.3, 0.4) is 0 Å². The molecule has 0 spiro atoms. The fourth-order valence-corrected chi connectivity index (χ4v) is 4.79. The van der Waals surface area contributed by atoms with Crippen LogP contribution < -0.4 is 14.8 Å². The number of carbonyl (C=O) groups is 1. The van der Waals surface area contributed by atoms with Crippen LogP contribution in [0.25, 0.3) is 0 Å². The number of anilines is 1. The zero-order chi connectivity index (χ0) is 19.6. The molecule has 1 aliphatic rings. The molecule has 1 heterocycles. The summed E-state index contributed by atoms with van der Waals surface area (Å²) < 4.78 is 33.8. The van der Waals surface area contributed by atoms with E-state index in [-0.39, 0.29) is 16.8 Å². The predicted octanol–water partition coefficient (Wildman–Crippen LogP) is 2.80. The van der Waals surface area contributed by atoms with Crippen molar-refractivity contribution in [2.45, 2.75) is 44.6 Å². The molecule has 1 unspecified atom stereocenters. The van der Waals surface area contributed by atoms with Crippen LogP contribution in [0, 0.1) is 6.92 Å². The minimum absolute atomic E-state index is 0.198. The van der Waals surface area contributed by atoms with Crippen LogP contribution in [0.5, 0.6) is 5.75 Å². The zero-order valence-electron chi connectivity index (χ0n) is 15.7. The zero-order valence-corrected chi connectivity index (χ0v) is 16.5. The first-order chi connectivity index (χ1) is 12.7. The standard InChI is InChI=1S/C20H24N2O4S/c1-13-10-18(21-15(3)23)5-7-20(13)27(24,25)22-14(2)11-16-4-6-19-17(12-16)8-9-26-19/h4-7,10,12,14,22H,8-9,11H2,1-3H3,(H,21,23). The van der Waals surface area contributed by atoms with Gasteiger partial charge < -0.3 is 10.1 Å². The predicted molar refractivity (Wildman–Crippen MR) is 105 cm³/mol. The lowest BCUT2D eigenvalue weighted by Crippen LogP contribution is -2.34. The van der Waals surface area contributed by atoms with E-state index >= 15 is 0 Å². The summed E-state index contributed by atoms with van der Waals surface area (Å²) in [5, 5.41) is 2.65. The van der Waals surface area contributed by atoms with E-state index in [9.17, 15) is 13.2 Å². The molecule has 1 aliphatic heterocycles. The van der Waals surface area contributed by atoms with Crippen molar-refractivity contribution >= 4 is 21.6 Å². The fourth-order valence-electron chi connectivity index (χ4n) is 3.32. The molecule has 7 heteroatoms. The van der Waals surface area contributed by atoms with Crippen molar-refractivity contribution in [3.63, 3.8) is 0 Å². The van der Waals surface area contributed by atoms with Gasteiger partial charge in [0.05, 0.1) is 11.5 Å². The van der Waals surface area contributed by atoms with Gasteiger partial charge in [0, 0.05) is 25.1 Å². The number of nitrogens with one attached hydrogen (secondary N) is 2. The van der Waals surface area contributed by atoms with E-state index in [0.717, 1.165) is 17.7 Å². The number of fused-ring (bicyclic) bond motifs is 1. The lowest BCUT2D eigenvalue weighted by Gasteiger charge is -2.16. The van der Waals surface area contributed by atoms with Crippen LogP contribution in [0.15, 0.2) is 41.3 Å². The average molecular weight is 388 g/mol. The molecule has 0 aromatic heterocycles. The van der Waals surface area contributed by atoms with Crippen molar-refractivity contribution in [2.24, 2.45) is 0 Å². The van der Waals surface area contributed by atoms with Crippen LogP contribution in [0.2, 0.25) is 0 Å². The number of ether oxygens (including phenoxy) is 1. The van der Waals surface area contributed by atoms with E-state index in [4.69, 9.17) is 4.74 Å². The third-order valence-electron chi connectivity index (χ3n) is 4.44. The molecule has 0 aliphatic carbocycles. The molecule has 0 saturated heterocycles. The summed E-state index contributed by atoms with van der Waals surface area (Å²) in [4.78, 5) is 11.4. The first-order valence-electron chi connectivity index (χ1n) is 8.90. The Morgan fingerprint density at radius 3 is 2.70 bits per heavy atom. The molecule has 2 aromatic rings. The van der Waals surface area contributed by atoms with Crippen molar-refractivity contribution in [1.29, 1.82) is 0 Å². The molecule has 3 rings (SSSR count). The normalized spacial score (nSPS) is 14.3. The van der Waals surface area contributed by atoms with Gasteiger partial charge in [0.15, 0.2) is 0 Å². The highest BCUT2D eigenvalue weighted by Gasteiger charge is 2.21. The molecule has 0 fully saturated rings. The second kappa shape index (κ2) is 7.70. The highest BCUT2D eigenvalue weighted by Crippen LogP contribution is 2.26. The third-order valence-corrected chi connectivity index (χ3v) is 6.19. The molecule has 2 N–H and O–H groups in total. The lowest BCUT2D eigenvalue weighted by atomic mass is 10.0. The van der Waals surface area contributed by atoms with Crippen LogP contribution in [0.4, 0.5) is 5.69 Å². The number of benzene rings is 2. The smallest absolute Gasteiger partial charge is 0.241 e. The van der Waals surface area contributed by atoms with E-state index in [1.165, 1.54) is 18.6 Å². The van der Waals surface area contributed by atoms with Crippen molar-refractivity contribution in [2.75, 3.05) is 11.9 Å². The van der Waals surface area contributed by atoms with Gasteiger partial charge in [0.2, 0.25) is 15.9 Å². The molecular weight excluding hydrogens is 364 g/mol. The minimum Gasteiger partial charge on any atom is -0.493 e. The van der Waals surface area contributed by atoms with Gasteiger partial charge in [-0.25, -0.2) is 13.1 Å². The second-order valence-corrected chi connectivity index (χ2v) is 8.61.